The van der Waals surface area contributed by atoms with Gasteiger partial charge >= 0.3 is 0 Å². The quantitative estimate of drug-likeness (QED) is 0.580. The Hall–Kier alpha value is 0.0500. The second-order valence-corrected chi connectivity index (χ2v) is 3.35. The number of allylic oxidation sites excluding steroid dienone is 2. The van der Waals surface area contributed by atoms with E-state index in [4.69, 9.17) is 5.73 Å². The molecule has 0 rings (SSSR count). The summed E-state index contributed by atoms with van der Waals surface area (Å²) in [5.74, 6) is 0. The molecule has 0 bridgehead atoms. The van der Waals surface area contributed by atoms with Crippen molar-refractivity contribution in [1.82, 2.24) is 0 Å². The highest BCUT2D eigenvalue weighted by Crippen LogP contribution is 2.16. The fraction of sp³-hybridized carbons (Fsp3) is 0.667. The zero-order chi connectivity index (χ0) is 6.57. The molecule has 0 fully saturated rings. The lowest BCUT2D eigenvalue weighted by Crippen LogP contribution is -2.08. The molecule has 0 aliphatic carbocycles. The maximum atomic E-state index is 5.49. The van der Waals surface area contributed by atoms with Crippen molar-refractivity contribution in [3.8, 4) is 0 Å². The minimum Gasteiger partial charge on any atom is -0.319 e. The van der Waals surface area contributed by atoms with Gasteiger partial charge in [0, 0.05) is 0 Å². The molecule has 1 unspecified atom stereocenters. The molecule has 48 valence electrons. The van der Waals surface area contributed by atoms with Crippen molar-refractivity contribution >= 4 is 11.8 Å². The van der Waals surface area contributed by atoms with Crippen molar-refractivity contribution in [3.63, 3.8) is 0 Å². The van der Waals surface area contributed by atoms with Gasteiger partial charge in [-0.2, -0.15) is 0 Å². The first-order valence-electron chi connectivity index (χ1n) is 2.72. The van der Waals surface area contributed by atoms with Crippen LogP contribution in [0.3, 0.4) is 0 Å². The van der Waals surface area contributed by atoms with Gasteiger partial charge in [-0.1, -0.05) is 6.08 Å². The highest BCUT2D eigenvalue weighted by atomic mass is 32.2. The molecule has 0 heterocycles. The summed E-state index contributed by atoms with van der Waals surface area (Å²) in [6.07, 6.45) is 2.06. The van der Waals surface area contributed by atoms with Gasteiger partial charge in [-0.25, -0.2) is 0 Å². The van der Waals surface area contributed by atoms with Crippen molar-refractivity contribution in [2.24, 2.45) is 5.73 Å². The third kappa shape index (κ3) is 4.22. The van der Waals surface area contributed by atoms with Crippen molar-refractivity contribution in [2.45, 2.75) is 26.1 Å². The fourth-order valence-corrected chi connectivity index (χ4v) is 1.08. The molecule has 0 aromatic carbocycles. The molecule has 1 nitrogen and oxygen atoms in total. The molecule has 0 amide bonds. The molecule has 8 heavy (non-hydrogen) atoms. The molecule has 0 aromatic rings. The normalized spacial score (nSPS) is 16.2. The van der Waals surface area contributed by atoms with Gasteiger partial charge in [0.05, 0.1) is 5.37 Å². The molecule has 1 atom stereocenters. The summed E-state index contributed by atoms with van der Waals surface area (Å²) in [4.78, 5) is 1.29. The molecule has 0 saturated heterocycles. The smallest absolute Gasteiger partial charge is 0.0522 e. The lowest BCUT2D eigenvalue weighted by molar-refractivity contribution is 1.05. The molecule has 2 N–H and O–H groups in total. The van der Waals surface area contributed by atoms with Crippen LogP contribution in [0.25, 0.3) is 0 Å². The molecule has 0 aliphatic heterocycles. The van der Waals surface area contributed by atoms with Gasteiger partial charge in [-0.3, -0.25) is 0 Å². The van der Waals surface area contributed by atoms with Gasteiger partial charge in [-0.05, 0) is 25.7 Å². The van der Waals surface area contributed by atoms with Crippen LogP contribution in [0.5, 0.6) is 0 Å². The molecule has 0 saturated carbocycles. The second kappa shape index (κ2) is 3.98. The Morgan fingerprint density at radius 2 is 2.25 bits per heavy atom. The SMILES string of the molecule is C/C=C(\C)SC(C)N. The highest BCUT2D eigenvalue weighted by Gasteiger charge is 1.92. The van der Waals surface area contributed by atoms with Crippen LogP contribution < -0.4 is 5.73 Å². The highest BCUT2D eigenvalue weighted by molar-refractivity contribution is 8.03. The van der Waals surface area contributed by atoms with E-state index in [-0.39, 0.29) is 5.37 Å². The van der Waals surface area contributed by atoms with Crippen molar-refractivity contribution in [1.29, 1.82) is 0 Å². The van der Waals surface area contributed by atoms with Gasteiger partial charge in [0.15, 0.2) is 0 Å². The maximum Gasteiger partial charge on any atom is 0.0522 e. The Bertz CT molecular complexity index is 86.5. The number of thioether (sulfide) groups is 1. The Morgan fingerprint density at radius 1 is 1.75 bits per heavy atom. The lowest BCUT2D eigenvalue weighted by atomic mass is 10.6. The topological polar surface area (TPSA) is 26.0 Å². The van der Waals surface area contributed by atoms with Crippen molar-refractivity contribution in [3.05, 3.63) is 11.0 Å². The van der Waals surface area contributed by atoms with E-state index in [1.165, 1.54) is 4.91 Å². The summed E-state index contributed by atoms with van der Waals surface area (Å²) in [6.45, 7) is 6.07. The summed E-state index contributed by atoms with van der Waals surface area (Å²) in [5.41, 5.74) is 5.49. The van der Waals surface area contributed by atoms with Gasteiger partial charge in [0.2, 0.25) is 0 Å². The van der Waals surface area contributed by atoms with Gasteiger partial charge in [0.1, 0.15) is 0 Å². The van der Waals surface area contributed by atoms with Crippen molar-refractivity contribution < 1.29 is 0 Å². The van der Waals surface area contributed by atoms with E-state index in [1.54, 1.807) is 11.8 Å². The number of nitrogens with two attached hydrogens (primary N) is 1. The Morgan fingerprint density at radius 3 is 2.38 bits per heavy atom. The first kappa shape index (κ1) is 8.05. The first-order chi connectivity index (χ1) is 3.66. The predicted molar refractivity (Wildman–Crippen MR) is 40.7 cm³/mol. The van der Waals surface area contributed by atoms with Crippen LogP contribution in [-0.2, 0) is 0 Å². The summed E-state index contributed by atoms with van der Waals surface area (Å²) in [7, 11) is 0. The summed E-state index contributed by atoms with van der Waals surface area (Å²) < 4.78 is 0. The van der Waals surface area contributed by atoms with Gasteiger partial charge in [0.25, 0.3) is 0 Å². The Balaban J connectivity index is 3.39. The standard InChI is InChI=1S/C6H13NS/c1-4-5(2)8-6(3)7/h4,6H,7H2,1-3H3/b5-4+. The molecular formula is C6H13NS. The third-order valence-corrected chi connectivity index (χ3v) is 1.76. The number of hydrogen-bond donors (Lipinski definition) is 1. The summed E-state index contributed by atoms with van der Waals surface area (Å²) in [5, 5.41) is 0.228. The monoisotopic (exact) mass is 131 g/mol. The van der Waals surface area contributed by atoms with E-state index in [0.717, 1.165) is 0 Å². The van der Waals surface area contributed by atoms with Crippen LogP contribution >= 0.6 is 11.8 Å². The fourth-order valence-electron chi connectivity index (χ4n) is 0.361. The Kier molecular flexibility index (Phi) is 4.01. The summed E-state index contributed by atoms with van der Waals surface area (Å²) in [6, 6.07) is 0. The number of hydrogen-bond acceptors (Lipinski definition) is 2. The van der Waals surface area contributed by atoms with E-state index in [0.29, 0.717) is 0 Å². The molecule has 0 aliphatic rings. The van der Waals surface area contributed by atoms with Crippen LogP contribution in [0.4, 0.5) is 0 Å². The average molecular weight is 131 g/mol. The maximum absolute atomic E-state index is 5.49. The largest absolute Gasteiger partial charge is 0.319 e. The van der Waals surface area contributed by atoms with Crippen LogP contribution in [0.2, 0.25) is 0 Å². The minimum absolute atomic E-state index is 0.228. The van der Waals surface area contributed by atoms with E-state index in [9.17, 15) is 0 Å². The van der Waals surface area contributed by atoms with Crippen LogP contribution in [0.15, 0.2) is 11.0 Å². The van der Waals surface area contributed by atoms with E-state index in [1.807, 2.05) is 13.8 Å². The van der Waals surface area contributed by atoms with Crippen LogP contribution in [-0.4, -0.2) is 5.37 Å². The van der Waals surface area contributed by atoms with E-state index >= 15 is 0 Å². The average Bonchev–Trinajstić information content (AvgIpc) is 1.65. The van der Waals surface area contributed by atoms with Crippen LogP contribution in [0.1, 0.15) is 20.8 Å². The minimum atomic E-state index is 0.228. The summed E-state index contributed by atoms with van der Waals surface area (Å²) >= 11 is 1.69. The molecule has 0 aromatic heterocycles. The molecule has 0 radical (unpaired) electrons. The van der Waals surface area contributed by atoms with Gasteiger partial charge in [-0.15, -0.1) is 11.8 Å². The first-order valence-corrected chi connectivity index (χ1v) is 3.60. The van der Waals surface area contributed by atoms with Crippen molar-refractivity contribution in [2.75, 3.05) is 0 Å². The molecule has 0 spiro atoms. The lowest BCUT2D eigenvalue weighted by Gasteiger charge is -2.02. The Labute approximate surface area is 55.3 Å². The third-order valence-electron chi connectivity index (χ3n) is 0.778. The predicted octanol–water partition coefficient (Wildman–Crippen LogP) is 1.95. The van der Waals surface area contributed by atoms with Gasteiger partial charge < -0.3 is 5.73 Å². The van der Waals surface area contributed by atoms with E-state index < -0.39 is 0 Å². The van der Waals surface area contributed by atoms with E-state index in [2.05, 4.69) is 13.0 Å². The zero-order valence-electron chi connectivity index (χ0n) is 5.64. The van der Waals surface area contributed by atoms with Crippen LogP contribution in [0, 0.1) is 0 Å². The second-order valence-electron chi connectivity index (χ2n) is 1.72. The molecule has 2 heteroatoms. The molecular weight excluding hydrogens is 118 g/mol. The zero-order valence-corrected chi connectivity index (χ0v) is 6.46. The number of rotatable bonds is 2.